The lowest BCUT2D eigenvalue weighted by molar-refractivity contribution is -0.130. The van der Waals surface area contributed by atoms with E-state index >= 15 is 0 Å². The van der Waals surface area contributed by atoms with Gasteiger partial charge in [0.15, 0.2) is 5.78 Å². The van der Waals surface area contributed by atoms with Gasteiger partial charge in [-0.2, -0.15) is 0 Å². The summed E-state index contributed by atoms with van der Waals surface area (Å²) in [4.78, 5) is 26.3. The van der Waals surface area contributed by atoms with Gasteiger partial charge >= 0.3 is 5.97 Å². The van der Waals surface area contributed by atoms with E-state index in [9.17, 15) is 9.59 Å². The van der Waals surface area contributed by atoms with Crippen LogP contribution in [-0.2, 0) is 21.0 Å². The molecule has 0 saturated carbocycles. The van der Waals surface area contributed by atoms with Crippen LogP contribution >= 0.6 is 23.2 Å². The van der Waals surface area contributed by atoms with Crippen LogP contribution in [0, 0.1) is 0 Å². The Morgan fingerprint density at radius 3 is 2.56 bits per heavy atom. The van der Waals surface area contributed by atoms with Gasteiger partial charge in [-0.05, 0) is 12.1 Å². The lowest BCUT2D eigenvalue weighted by Crippen LogP contribution is -2.21. The number of carbonyl (C=O) groups excluding carboxylic acids is 1. The molecule has 0 radical (unpaired) electrons. The van der Waals surface area contributed by atoms with Crippen molar-refractivity contribution in [2.75, 3.05) is 0 Å². The molecule has 0 aliphatic rings. The monoisotopic (exact) mass is 289 g/mol. The van der Waals surface area contributed by atoms with E-state index in [4.69, 9.17) is 33.1 Å². The summed E-state index contributed by atoms with van der Waals surface area (Å²) < 4.78 is 0. The third-order valence-electron chi connectivity index (χ3n) is 1.93. The first-order valence-electron chi connectivity index (χ1n) is 4.80. The molecule has 0 saturated heterocycles. The van der Waals surface area contributed by atoms with Crippen LogP contribution in [0.3, 0.4) is 0 Å². The van der Waals surface area contributed by atoms with Crippen molar-refractivity contribution in [3.8, 4) is 0 Å². The Kier molecular flexibility index (Phi) is 5.12. The third kappa shape index (κ3) is 4.01. The van der Waals surface area contributed by atoms with E-state index in [2.05, 4.69) is 5.16 Å². The Hall–Kier alpha value is -1.59. The maximum absolute atomic E-state index is 10.9. The van der Waals surface area contributed by atoms with E-state index in [0.717, 1.165) is 6.92 Å². The third-order valence-corrected chi connectivity index (χ3v) is 2.51. The van der Waals surface area contributed by atoms with Crippen molar-refractivity contribution in [3.63, 3.8) is 0 Å². The first-order chi connectivity index (χ1) is 8.41. The number of benzene rings is 1. The van der Waals surface area contributed by atoms with Crippen LogP contribution in [-0.4, -0.2) is 22.6 Å². The van der Waals surface area contributed by atoms with E-state index < -0.39 is 17.5 Å². The van der Waals surface area contributed by atoms with Gasteiger partial charge < -0.3 is 9.94 Å². The number of aliphatic carboxylic acids is 1. The molecule has 0 atom stereocenters. The minimum Gasteiger partial charge on any atom is -0.476 e. The topological polar surface area (TPSA) is 76.0 Å². The van der Waals surface area contributed by atoms with E-state index in [-0.39, 0.29) is 6.61 Å². The number of ketones is 1. The predicted octanol–water partition coefficient (Wildman–Crippen LogP) is 2.54. The molecule has 18 heavy (non-hydrogen) atoms. The number of nitrogens with zero attached hydrogens (tertiary/aromatic N) is 1. The average molecular weight is 290 g/mol. The molecule has 0 unspecified atom stereocenters. The van der Waals surface area contributed by atoms with Crippen LogP contribution in [0.1, 0.15) is 12.5 Å². The fourth-order valence-corrected chi connectivity index (χ4v) is 1.52. The maximum atomic E-state index is 10.9. The van der Waals surface area contributed by atoms with Gasteiger partial charge in [0.2, 0.25) is 5.71 Å². The van der Waals surface area contributed by atoms with Gasteiger partial charge in [0.05, 0.1) is 0 Å². The quantitative estimate of drug-likeness (QED) is 0.513. The van der Waals surface area contributed by atoms with Gasteiger partial charge in [-0.15, -0.1) is 0 Å². The number of oxime groups is 1. The molecular weight excluding hydrogens is 281 g/mol. The van der Waals surface area contributed by atoms with Gasteiger partial charge in [0.25, 0.3) is 0 Å². The summed E-state index contributed by atoms with van der Waals surface area (Å²) in [6, 6.07) is 4.75. The van der Waals surface area contributed by atoms with Gasteiger partial charge in [-0.1, -0.05) is 34.4 Å². The molecule has 0 amide bonds. The van der Waals surface area contributed by atoms with Crippen LogP contribution in [0.2, 0.25) is 10.0 Å². The Morgan fingerprint density at radius 2 is 2.06 bits per heavy atom. The molecular formula is C11H9Cl2NO4. The maximum Gasteiger partial charge on any atom is 0.361 e. The minimum atomic E-state index is -1.44. The zero-order valence-corrected chi connectivity index (χ0v) is 10.8. The molecule has 0 fully saturated rings. The molecule has 7 heteroatoms. The molecule has 5 nitrogen and oxygen atoms in total. The average Bonchev–Trinajstić information content (AvgIpc) is 2.25. The van der Waals surface area contributed by atoms with Gasteiger partial charge in [-0.3, -0.25) is 4.79 Å². The first-order valence-corrected chi connectivity index (χ1v) is 5.55. The Balaban J connectivity index is 2.73. The van der Waals surface area contributed by atoms with Gasteiger partial charge in [0.1, 0.15) is 6.61 Å². The normalized spacial score (nSPS) is 11.2. The minimum absolute atomic E-state index is 0.0555. The Bertz CT molecular complexity index is 498. The summed E-state index contributed by atoms with van der Waals surface area (Å²) >= 11 is 11.6. The molecule has 0 aliphatic carbocycles. The Morgan fingerprint density at radius 1 is 1.39 bits per heavy atom. The van der Waals surface area contributed by atoms with Crippen molar-refractivity contribution in [2.45, 2.75) is 13.5 Å². The summed E-state index contributed by atoms with van der Waals surface area (Å²) in [5, 5.41) is 12.8. The highest BCUT2D eigenvalue weighted by atomic mass is 35.5. The number of carbonyl (C=O) groups is 2. The molecule has 0 aliphatic heterocycles. The van der Waals surface area contributed by atoms with Gasteiger partial charge in [0, 0.05) is 22.5 Å². The lowest BCUT2D eigenvalue weighted by atomic mass is 10.2. The summed E-state index contributed by atoms with van der Waals surface area (Å²) in [6.07, 6.45) is 0. The van der Waals surface area contributed by atoms with Gasteiger partial charge in [-0.25, -0.2) is 4.79 Å². The smallest absolute Gasteiger partial charge is 0.361 e. The number of carboxylic acid groups (broad SMARTS) is 1. The van der Waals surface area contributed by atoms with Crippen LogP contribution < -0.4 is 0 Å². The van der Waals surface area contributed by atoms with Crippen molar-refractivity contribution in [1.82, 2.24) is 0 Å². The summed E-state index contributed by atoms with van der Waals surface area (Å²) in [7, 11) is 0. The standard InChI is InChI=1S/C11H9Cl2NO4/c1-6(15)10(11(16)17)14-18-5-7-2-3-8(12)4-9(7)13/h2-4H,5H2,1H3,(H,16,17)/b14-10-. The van der Waals surface area contributed by atoms with Crippen molar-refractivity contribution >= 4 is 40.7 Å². The summed E-state index contributed by atoms with van der Waals surface area (Å²) in [5.41, 5.74) is -0.0850. The fraction of sp³-hybridized carbons (Fsp3) is 0.182. The predicted molar refractivity (Wildman–Crippen MR) is 67.0 cm³/mol. The van der Waals surface area contributed by atoms with E-state index in [1.807, 2.05) is 0 Å². The lowest BCUT2D eigenvalue weighted by Gasteiger charge is -2.03. The zero-order valence-electron chi connectivity index (χ0n) is 9.31. The van der Waals surface area contributed by atoms with Crippen molar-refractivity contribution in [2.24, 2.45) is 5.16 Å². The van der Waals surface area contributed by atoms with Crippen LogP contribution in [0.4, 0.5) is 0 Å². The molecule has 0 bridgehead atoms. The summed E-state index contributed by atoms with van der Waals surface area (Å²) in [6.45, 7) is 1.03. The van der Waals surface area contributed by atoms with E-state index in [0.29, 0.717) is 15.6 Å². The molecule has 0 aromatic heterocycles. The highest BCUT2D eigenvalue weighted by molar-refractivity contribution is 6.63. The number of hydrogen-bond donors (Lipinski definition) is 1. The highest BCUT2D eigenvalue weighted by Crippen LogP contribution is 2.21. The molecule has 96 valence electrons. The second kappa shape index (κ2) is 6.37. The van der Waals surface area contributed by atoms with Crippen molar-refractivity contribution in [1.29, 1.82) is 0 Å². The van der Waals surface area contributed by atoms with Crippen LogP contribution in [0.5, 0.6) is 0 Å². The first kappa shape index (κ1) is 14.5. The van der Waals surface area contributed by atoms with Crippen LogP contribution in [0.15, 0.2) is 23.4 Å². The van der Waals surface area contributed by atoms with Crippen molar-refractivity contribution in [3.05, 3.63) is 33.8 Å². The number of halogens is 2. The number of hydrogen-bond acceptors (Lipinski definition) is 4. The molecule has 1 aromatic carbocycles. The molecule has 1 aromatic rings. The fourth-order valence-electron chi connectivity index (χ4n) is 1.06. The number of Topliss-reactive ketones (excluding diaryl/α,β-unsaturated/α-hetero) is 1. The molecule has 0 heterocycles. The Labute approximate surface area is 113 Å². The molecule has 0 spiro atoms. The zero-order chi connectivity index (χ0) is 13.7. The molecule has 1 N–H and O–H groups in total. The molecule has 1 rings (SSSR count). The second-order valence-corrected chi connectivity index (χ2v) is 4.15. The highest BCUT2D eigenvalue weighted by Gasteiger charge is 2.15. The van der Waals surface area contributed by atoms with Crippen molar-refractivity contribution < 1.29 is 19.5 Å². The van der Waals surface area contributed by atoms with Crippen LogP contribution in [0.25, 0.3) is 0 Å². The largest absolute Gasteiger partial charge is 0.476 e. The van der Waals surface area contributed by atoms with E-state index in [1.165, 1.54) is 6.07 Å². The SMILES string of the molecule is CC(=O)/C(=N/OCc1ccc(Cl)cc1Cl)C(=O)O. The second-order valence-electron chi connectivity index (χ2n) is 3.31. The summed E-state index contributed by atoms with van der Waals surface area (Å²) in [5.74, 6) is -2.13. The number of rotatable bonds is 5. The van der Waals surface area contributed by atoms with E-state index in [1.54, 1.807) is 12.1 Å². The number of carboxylic acids is 1.